The molecule has 0 fully saturated rings. The molecule has 5 N–H and O–H groups in total. The van der Waals surface area contributed by atoms with Crippen LogP contribution in [0.2, 0.25) is 0 Å². The van der Waals surface area contributed by atoms with Crippen LogP contribution in [0, 0.1) is 0 Å². The van der Waals surface area contributed by atoms with E-state index in [0.29, 0.717) is 30.5 Å². The maximum atomic E-state index is 8.93. The molecule has 90 valence electrons. The van der Waals surface area contributed by atoms with E-state index in [1.165, 1.54) is 0 Å². The average molecular weight is 228 g/mol. The van der Waals surface area contributed by atoms with Crippen molar-refractivity contribution in [1.82, 2.24) is 0 Å². The second-order valence-electron chi connectivity index (χ2n) is 3.26. The van der Waals surface area contributed by atoms with Crippen LogP contribution in [0.5, 0.6) is 5.88 Å². The summed E-state index contributed by atoms with van der Waals surface area (Å²) < 4.78 is 5.05. The minimum Gasteiger partial charge on any atom is -0.466 e. The Bertz CT molecular complexity index is 327. The minimum absolute atomic E-state index is 0.00943. The number of hydrogen-bond acceptors (Lipinski definition) is 5. The third-order valence-corrected chi connectivity index (χ3v) is 2.21. The molecule has 0 aliphatic heterocycles. The van der Waals surface area contributed by atoms with E-state index in [9.17, 15) is 0 Å². The van der Waals surface area contributed by atoms with E-state index in [4.69, 9.17) is 20.7 Å². The molecule has 0 unspecified atom stereocenters. The highest BCUT2D eigenvalue weighted by Crippen LogP contribution is 2.18. The van der Waals surface area contributed by atoms with Gasteiger partial charge >= 0.3 is 5.82 Å². The number of aromatic amines is 1. The number of rotatable bonds is 6. The summed E-state index contributed by atoms with van der Waals surface area (Å²) >= 11 is 0. The van der Waals surface area contributed by atoms with Gasteiger partial charge in [0.15, 0.2) is 0 Å². The van der Waals surface area contributed by atoms with Crippen molar-refractivity contribution in [3.63, 3.8) is 0 Å². The van der Waals surface area contributed by atoms with Crippen LogP contribution in [0.25, 0.3) is 0 Å². The third-order valence-electron chi connectivity index (χ3n) is 2.21. The summed E-state index contributed by atoms with van der Waals surface area (Å²) in [5, 5.41) is 17.9. The molecule has 1 aromatic rings. The molecule has 1 heterocycles. The van der Waals surface area contributed by atoms with Gasteiger partial charge in [0.1, 0.15) is 18.8 Å². The molecule has 1 aromatic heterocycles. The summed E-state index contributed by atoms with van der Waals surface area (Å²) in [7, 11) is 1.55. The topological polar surface area (TPSA) is 93.1 Å². The predicted octanol–water partition coefficient (Wildman–Crippen LogP) is -1.12. The SMILES string of the molecule is COc1ccc(N)c(N(CCO)CCO)[nH+]1. The van der Waals surface area contributed by atoms with Crippen molar-refractivity contribution in [3.05, 3.63) is 12.1 Å². The van der Waals surface area contributed by atoms with Gasteiger partial charge in [0.25, 0.3) is 5.88 Å². The van der Waals surface area contributed by atoms with E-state index in [1.54, 1.807) is 24.1 Å². The summed E-state index contributed by atoms with van der Waals surface area (Å²) in [6.45, 7) is 0.776. The van der Waals surface area contributed by atoms with E-state index >= 15 is 0 Å². The fraction of sp³-hybridized carbons (Fsp3) is 0.500. The molecule has 0 atom stereocenters. The van der Waals surface area contributed by atoms with Crippen molar-refractivity contribution < 1.29 is 19.9 Å². The van der Waals surface area contributed by atoms with Gasteiger partial charge in [-0.2, -0.15) is 0 Å². The van der Waals surface area contributed by atoms with Crippen LogP contribution < -0.4 is 20.4 Å². The zero-order valence-electron chi connectivity index (χ0n) is 9.31. The van der Waals surface area contributed by atoms with Crippen LogP contribution in [0.3, 0.4) is 0 Å². The van der Waals surface area contributed by atoms with Crippen molar-refractivity contribution in [2.24, 2.45) is 0 Å². The Morgan fingerprint density at radius 2 is 1.94 bits per heavy atom. The number of nitrogen functional groups attached to an aromatic ring is 1. The number of pyridine rings is 1. The predicted molar refractivity (Wildman–Crippen MR) is 60.3 cm³/mol. The largest absolute Gasteiger partial charge is 0.466 e. The zero-order chi connectivity index (χ0) is 12.0. The fourth-order valence-corrected chi connectivity index (χ4v) is 1.43. The lowest BCUT2D eigenvalue weighted by atomic mass is 10.3. The van der Waals surface area contributed by atoms with Crippen LogP contribution in [-0.4, -0.2) is 43.6 Å². The van der Waals surface area contributed by atoms with Gasteiger partial charge in [0, 0.05) is 6.07 Å². The van der Waals surface area contributed by atoms with Crippen molar-refractivity contribution in [3.8, 4) is 5.88 Å². The fourth-order valence-electron chi connectivity index (χ4n) is 1.43. The van der Waals surface area contributed by atoms with Crippen molar-refractivity contribution in [1.29, 1.82) is 0 Å². The van der Waals surface area contributed by atoms with Crippen LogP contribution in [-0.2, 0) is 0 Å². The second kappa shape index (κ2) is 6.14. The number of hydrogen-bond donors (Lipinski definition) is 3. The molecular weight excluding hydrogens is 210 g/mol. The monoisotopic (exact) mass is 228 g/mol. The number of methoxy groups -OCH3 is 1. The van der Waals surface area contributed by atoms with E-state index in [1.807, 2.05) is 0 Å². The number of aliphatic hydroxyl groups excluding tert-OH is 2. The van der Waals surface area contributed by atoms with Crippen LogP contribution in [0.1, 0.15) is 0 Å². The lowest BCUT2D eigenvalue weighted by molar-refractivity contribution is -0.379. The van der Waals surface area contributed by atoms with Gasteiger partial charge in [-0.3, -0.25) is 4.90 Å². The Labute approximate surface area is 94.3 Å². The molecule has 16 heavy (non-hydrogen) atoms. The first-order valence-electron chi connectivity index (χ1n) is 5.05. The molecule has 0 saturated carbocycles. The van der Waals surface area contributed by atoms with Gasteiger partial charge < -0.3 is 20.7 Å². The van der Waals surface area contributed by atoms with Gasteiger partial charge in [-0.1, -0.05) is 0 Å². The van der Waals surface area contributed by atoms with E-state index in [2.05, 4.69) is 4.98 Å². The first kappa shape index (κ1) is 12.5. The van der Waals surface area contributed by atoms with Gasteiger partial charge in [-0.15, -0.1) is 0 Å². The zero-order valence-corrected chi connectivity index (χ0v) is 9.31. The Morgan fingerprint density at radius 3 is 2.44 bits per heavy atom. The van der Waals surface area contributed by atoms with E-state index < -0.39 is 0 Å². The lowest BCUT2D eigenvalue weighted by Crippen LogP contribution is -2.35. The molecule has 6 nitrogen and oxygen atoms in total. The standard InChI is InChI=1S/C10H17N3O3/c1-16-9-3-2-8(11)10(12-9)13(4-6-14)5-7-15/h2-3,14-15H,4-7,11H2,1H3/p+1. The highest BCUT2D eigenvalue weighted by atomic mass is 16.5. The summed E-state index contributed by atoms with van der Waals surface area (Å²) in [4.78, 5) is 4.75. The molecule has 0 aliphatic carbocycles. The first-order chi connectivity index (χ1) is 7.72. The van der Waals surface area contributed by atoms with Gasteiger partial charge in [-0.25, -0.2) is 4.98 Å². The third kappa shape index (κ3) is 2.98. The van der Waals surface area contributed by atoms with Crippen molar-refractivity contribution >= 4 is 11.5 Å². The number of aromatic nitrogens is 1. The molecule has 0 saturated heterocycles. The Hall–Kier alpha value is -1.53. The molecule has 6 heteroatoms. The molecule has 0 aliphatic rings. The number of aliphatic hydroxyl groups is 2. The van der Waals surface area contributed by atoms with Crippen LogP contribution >= 0.6 is 0 Å². The number of H-pyrrole nitrogens is 1. The van der Waals surface area contributed by atoms with Crippen molar-refractivity contribution in [2.75, 3.05) is 44.0 Å². The molecule has 0 aromatic carbocycles. The highest BCUT2D eigenvalue weighted by Gasteiger charge is 2.19. The Morgan fingerprint density at radius 1 is 1.31 bits per heavy atom. The summed E-state index contributed by atoms with van der Waals surface area (Å²) in [6.07, 6.45) is 0. The smallest absolute Gasteiger partial charge is 0.300 e. The normalized spacial score (nSPS) is 10.2. The lowest BCUT2D eigenvalue weighted by Gasteiger charge is -2.16. The molecule has 1 rings (SSSR count). The Balaban J connectivity index is 2.96. The molecular formula is C10H18N3O3+. The van der Waals surface area contributed by atoms with Crippen LogP contribution in [0.15, 0.2) is 12.1 Å². The maximum Gasteiger partial charge on any atom is 0.300 e. The van der Waals surface area contributed by atoms with E-state index in [0.717, 1.165) is 0 Å². The summed E-state index contributed by atoms with van der Waals surface area (Å²) in [6, 6.07) is 3.43. The summed E-state index contributed by atoms with van der Waals surface area (Å²) in [5.74, 6) is 1.22. The van der Waals surface area contributed by atoms with Crippen molar-refractivity contribution in [2.45, 2.75) is 0 Å². The highest BCUT2D eigenvalue weighted by molar-refractivity contribution is 5.59. The van der Waals surface area contributed by atoms with Gasteiger partial charge in [0.05, 0.1) is 20.3 Å². The second-order valence-corrected chi connectivity index (χ2v) is 3.26. The molecule has 0 radical (unpaired) electrons. The van der Waals surface area contributed by atoms with Gasteiger partial charge in [-0.05, 0) is 6.07 Å². The summed E-state index contributed by atoms with van der Waals surface area (Å²) in [5.41, 5.74) is 6.36. The van der Waals surface area contributed by atoms with E-state index in [-0.39, 0.29) is 13.2 Å². The van der Waals surface area contributed by atoms with Gasteiger partial charge in [0.2, 0.25) is 0 Å². The van der Waals surface area contributed by atoms with Crippen LogP contribution in [0.4, 0.5) is 11.5 Å². The first-order valence-corrected chi connectivity index (χ1v) is 5.05. The number of nitrogens with zero attached hydrogens (tertiary/aromatic N) is 1. The number of ether oxygens (including phenoxy) is 1. The number of nitrogens with one attached hydrogen (secondary N) is 1. The minimum atomic E-state index is -0.00943. The molecule has 0 spiro atoms. The molecule has 0 amide bonds. The quantitative estimate of drug-likeness (QED) is 0.573. The maximum absolute atomic E-state index is 8.93. The number of nitrogens with two attached hydrogens (primary N) is 1. The number of anilines is 2. The average Bonchev–Trinajstić information content (AvgIpc) is 2.29. The Kier molecular flexibility index (Phi) is 4.81. The molecule has 0 bridgehead atoms.